The first-order valence-electron chi connectivity index (χ1n) is 9.67. The van der Waals surface area contributed by atoms with Crippen LogP contribution in [0.1, 0.15) is 27.0 Å². The zero-order valence-electron chi connectivity index (χ0n) is 16.8. The lowest BCUT2D eigenvalue weighted by atomic mass is 10.1. The Morgan fingerprint density at radius 1 is 1.03 bits per heavy atom. The van der Waals surface area contributed by atoms with Crippen molar-refractivity contribution in [2.75, 3.05) is 17.7 Å². The fraction of sp³-hybridized carbons (Fsp3) is 0.130. The lowest BCUT2D eigenvalue weighted by Gasteiger charge is -2.18. The molecular weight excluding hydrogens is 424 g/mol. The van der Waals surface area contributed by atoms with Crippen LogP contribution in [0.4, 0.5) is 40.4 Å². The fourth-order valence-corrected chi connectivity index (χ4v) is 3.42. The van der Waals surface area contributed by atoms with Gasteiger partial charge in [0.05, 0.1) is 22.5 Å². The summed E-state index contributed by atoms with van der Waals surface area (Å²) in [5.74, 6) is -1.15. The maximum atomic E-state index is 13.6. The molecule has 3 N–H and O–H groups in total. The molecule has 1 heterocycles. The average Bonchev–Trinajstić information content (AvgIpc) is 3.21. The van der Waals surface area contributed by atoms with Crippen LogP contribution < -0.4 is 16.0 Å². The number of halogens is 4. The van der Waals surface area contributed by atoms with E-state index < -0.39 is 23.5 Å². The summed E-state index contributed by atoms with van der Waals surface area (Å²) in [6.07, 6.45) is 0.857. The van der Waals surface area contributed by atoms with E-state index in [0.717, 1.165) is 29.7 Å². The summed E-state index contributed by atoms with van der Waals surface area (Å²) in [6, 6.07) is 10.1. The summed E-state index contributed by atoms with van der Waals surface area (Å²) < 4.78 is 54.4. The Morgan fingerprint density at radius 3 is 2.59 bits per heavy atom. The van der Waals surface area contributed by atoms with Gasteiger partial charge in [-0.3, -0.25) is 4.79 Å². The minimum Gasteiger partial charge on any atom is -0.355 e. The maximum Gasteiger partial charge on any atom is 0.419 e. The highest BCUT2D eigenvalue weighted by Gasteiger charge is 2.34. The van der Waals surface area contributed by atoms with Crippen molar-refractivity contribution in [1.29, 1.82) is 0 Å². The molecule has 5 nitrogen and oxygen atoms in total. The molecule has 2 aromatic carbocycles. The van der Waals surface area contributed by atoms with Gasteiger partial charge < -0.3 is 16.0 Å². The van der Waals surface area contributed by atoms with Crippen LogP contribution in [-0.4, -0.2) is 17.9 Å². The van der Waals surface area contributed by atoms with Crippen molar-refractivity contribution in [3.63, 3.8) is 0 Å². The summed E-state index contributed by atoms with van der Waals surface area (Å²) in [7, 11) is 1.35. The molecule has 0 unspecified atom stereocenters. The number of benzene rings is 2. The molecule has 1 amide bonds. The monoisotopic (exact) mass is 442 g/mol. The number of carbonyl (C=O) groups is 1. The van der Waals surface area contributed by atoms with E-state index in [9.17, 15) is 22.4 Å². The Balaban J connectivity index is 1.71. The van der Waals surface area contributed by atoms with Gasteiger partial charge in [-0.25, -0.2) is 9.37 Å². The van der Waals surface area contributed by atoms with E-state index in [1.165, 1.54) is 19.2 Å². The van der Waals surface area contributed by atoms with Crippen molar-refractivity contribution in [3.05, 3.63) is 82.8 Å². The molecule has 164 valence electrons. The Kier molecular flexibility index (Phi) is 5.56. The van der Waals surface area contributed by atoms with Crippen LogP contribution in [0.3, 0.4) is 0 Å². The minimum absolute atomic E-state index is 0.0241. The van der Waals surface area contributed by atoms with Crippen LogP contribution in [0, 0.1) is 5.82 Å². The lowest BCUT2D eigenvalue weighted by Crippen LogP contribution is -2.20. The molecule has 4 rings (SSSR count). The second kappa shape index (κ2) is 8.33. The smallest absolute Gasteiger partial charge is 0.355 e. The Labute approximate surface area is 181 Å². The van der Waals surface area contributed by atoms with E-state index >= 15 is 0 Å². The summed E-state index contributed by atoms with van der Waals surface area (Å²) in [5.41, 5.74) is 1.41. The van der Waals surface area contributed by atoms with Gasteiger partial charge in [-0.1, -0.05) is 18.2 Å². The van der Waals surface area contributed by atoms with Gasteiger partial charge in [0.15, 0.2) is 0 Å². The number of carbonyl (C=O) groups excluding carboxylic acids is 1. The number of pyridine rings is 1. The molecule has 0 saturated carbocycles. The third kappa shape index (κ3) is 4.41. The van der Waals surface area contributed by atoms with Crippen molar-refractivity contribution in [1.82, 2.24) is 10.3 Å². The number of hydrogen-bond donors (Lipinski definition) is 3. The number of aromatic nitrogens is 1. The highest BCUT2D eigenvalue weighted by molar-refractivity contribution is 6.00. The molecule has 3 aromatic rings. The van der Waals surface area contributed by atoms with Crippen LogP contribution in [0.15, 0.2) is 54.7 Å². The van der Waals surface area contributed by atoms with Crippen molar-refractivity contribution in [2.45, 2.75) is 12.6 Å². The molecule has 0 aliphatic heterocycles. The Bertz CT molecular complexity index is 1220. The zero-order chi connectivity index (χ0) is 22.9. The molecule has 1 aliphatic carbocycles. The largest absolute Gasteiger partial charge is 0.419 e. The number of nitrogens with one attached hydrogen (secondary N) is 3. The van der Waals surface area contributed by atoms with E-state index in [0.29, 0.717) is 11.9 Å². The molecule has 0 spiro atoms. The van der Waals surface area contributed by atoms with Crippen LogP contribution >= 0.6 is 0 Å². The number of hydrogen-bond acceptors (Lipinski definition) is 4. The Hall–Kier alpha value is -3.88. The topological polar surface area (TPSA) is 66.1 Å². The quantitative estimate of drug-likeness (QED) is 0.447. The van der Waals surface area contributed by atoms with Crippen LogP contribution in [0.5, 0.6) is 0 Å². The van der Waals surface area contributed by atoms with Gasteiger partial charge in [0, 0.05) is 25.0 Å². The molecule has 9 heteroatoms. The normalized spacial score (nSPS) is 12.4. The summed E-state index contributed by atoms with van der Waals surface area (Å²) >= 11 is 0. The molecule has 32 heavy (non-hydrogen) atoms. The van der Waals surface area contributed by atoms with E-state index in [1.54, 1.807) is 0 Å². The van der Waals surface area contributed by atoms with Crippen LogP contribution in [0.2, 0.25) is 0 Å². The van der Waals surface area contributed by atoms with E-state index in [1.807, 2.05) is 30.4 Å². The van der Waals surface area contributed by atoms with Gasteiger partial charge in [0.2, 0.25) is 0 Å². The van der Waals surface area contributed by atoms with E-state index in [-0.39, 0.29) is 22.8 Å². The summed E-state index contributed by atoms with van der Waals surface area (Å²) in [4.78, 5) is 16.0. The molecule has 0 atom stereocenters. The highest BCUT2D eigenvalue weighted by Crippen LogP contribution is 2.38. The molecule has 0 fully saturated rings. The van der Waals surface area contributed by atoms with Gasteiger partial charge in [-0.15, -0.1) is 0 Å². The van der Waals surface area contributed by atoms with E-state index in [4.69, 9.17) is 0 Å². The van der Waals surface area contributed by atoms with Gasteiger partial charge in [-0.2, -0.15) is 13.2 Å². The second-order valence-corrected chi connectivity index (χ2v) is 7.15. The van der Waals surface area contributed by atoms with Crippen molar-refractivity contribution < 1.29 is 22.4 Å². The molecular formula is C23H18F4N4O. The molecule has 0 radical (unpaired) electrons. The molecule has 1 aromatic heterocycles. The van der Waals surface area contributed by atoms with Crippen LogP contribution in [-0.2, 0) is 12.6 Å². The predicted molar refractivity (Wildman–Crippen MR) is 115 cm³/mol. The predicted octanol–water partition coefficient (Wildman–Crippen LogP) is 5.66. The standard InChI is InChI=1S/C23H18F4N4O/c1-28-22(32)17-10-15(24)6-8-19(17)31-20-11-21(29-12-18(20)23(25,26)27)30-16-7-5-13-3-2-4-14(13)9-16/h2,4-12H,3H2,1H3,(H,28,32)(H2,29,30,31). The highest BCUT2D eigenvalue weighted by atomic mass is 19.4. The summed E-state index contributed by atoms with van der Waals surface area (Å²) in [6.45, 7) is 0. The van der Waals surface area contributed by atoms with Gasteiger partial charge in [0.1, 0.15) is 11.6 Å². The number of amides is 1. The number of fused-ring (bicyclic) bond motifs is 1. The number of anilines is 4. The van der Waals surface area contributed by atoms with Crippen molar-refractivity contribution in [3.8, 4) is 0 Å². The molecule has 0 saturated heterocycles. The molecule has 1 aliphatic rings. The third-order valence-electron chi connectivity index (χ3n) is 4.99. The Morgan fingerprint density at radius 2 is 1.84 bits per heavy atom. The average molecular weight is 442 g/mol. The van der Waals surface area contributed by atoms with E-state index in [2.05, 4.69) is 20.9 Å². The number of allylic oxidation sites excluding steroid dienone is 1. The summed E-state index contributed by atoms with van der Waals surface area (Å²) in [5, 5.41) is 7.97. The van der Waals surface area contributed by atoms with Crippen LogP contribution in [0.25, 0.3) is 6.08 Å². The fourth-order valence-electron chi connectivity index (χ4n) is 3.42. The SMILES string of the molecule is CNC(=O)c1cc(F)ccc1Nc1cc(Nc2ccc3c(c2)C=CC3)ncc1C(F)(F)F. The maximum absolute atomic E-state index is 13.6. The second-order valence-electron chi connectivity index (χ2n) is 7.15. The van der Waals surface area contributed by atoms with Gasteiger partial charge in [-0.05, 0) is 47.9 Å². The molecule has 0 bridgehead atoms. The first-order chi connectivity index (χ1) is 15.2. The number of nitrogens with zero attached hydrogens (tertiary/aromatic N) is 1. The van der Waals surface area contributed by atoms with Crippen molar-refractivity contribution >= 4 is 34.9 Å². The number of alkyl halides is 3. The van der Waals surface area contributed by atoms with Crippen molar-refractivity contribution in [2.24, 2.45) is 0 Å². The van der Waals surface area contributed by atoms with Gasteiger partial charge >= 0.3 is 6.18 Å². The first kappa shape index (κ1) is 21.4. The minimum atomic E-state index is -4.70. The third-order valence-corrected chi connectivity index (χ3v) is 4.99. The zero-order valence-corrected chi connectivity index (χ0v) is 16.8. The first-order valence-corrected chi connectivity index (χ1v) is 9.67. The lowest BCUT2D eigenvalue weighted by molar-refractivity contribution is -0.137. The van der Waals surface area contributed by atoms with Gasteiger partial charge in [0.25, 0.3) is 5.91 Å². The number of rotatable bonds is 5.